The molecule has 1 aliphatic rings. The molecule has 0 radical (unpaired) electrons. The van der Waals surface area contributed by atoms with Crippen molar-refractivity contribution in [3.63, 3.8) is 0 Å². The molecule has 0 saturated carbocycles. The van der Waals surface area contributed by atoms with Crippen molar-refractivity contribution in [2.24, 2.45) is 4.99 Å². The zero-order valence-corrected chi connectivity index (χ0v) is 20.5. The second-order valence-electron chi connectivity index (χ2n) is 7.24. The van der Waals surface area contributed by atoms with Gasteiger partial charge in [-0.25, -0.2) is 4.99 Å². The van der Waals surface area contributed by atoms with E-state index in [1.807, 2.05) is 36.1 Å². The first kappa shape index (κ1) is 25.4. The van der Waals surface area contributed by atoms with Gasteiger partial charge in [-0.3, -0.25) is 9.59 Å². The highest BCUT2D eigenvalue weighted by Crippen LogP contribution is 2.21. The van der Waals surface area contributed by atoms with Gasteiger partial charge in [-0.1, -0.05) is 12.1 Å². The molecule has 3 rings (SSSR count). The number of aliphatic imine (C=N–C) groups is 1. The highest BCUT2D eigenvalue weighted by Gasteiger charge is 2.21. The number of halogens is 1. The van der Waals surface area contributed by atoms with E-state index in [1.165, 1.54) is 12.1 Å². The average molecular weight is 551 g/mol. The third-order valence-electron chi connectivity index (χ3n) is 4.92. The standard InChI is InChI=1S/C23H29N5O3.HI/c1-2-24-23(26-14-13-25-22(31)18-7-11-20(29)12-8-18)27-16-17-5-9-19(10-6-17)28-15-3-4-21(28)30;/h5-12,29H,2-4,13-16H2,1H3,(H,25,31)(H2,24,26,27);1H. The summed E-state index contributed by atoms with van der Waals surface area (Å²) in [5.74, 6) is 0.784. The lowest BCUT2D eigenvalue weighted by Crippen LogP contribution is -2.41. The number of carbonyl (C=O) groups excluding carboxylic acids is 2. The van der Waals surface area contributed by atoms with Crippen LogP contribution in [0.25, 0.3) is 0 Å². The van der Waals surface area contributed by atoms with Crippen LogP contribution in [-0.4, -0.2) is 49.1 Å². The summed E-state index contributed by atoms with van der Waals surface area (Å²) in [6.45, 7) is 4.96. The molecule has 0 unspecified atom stereocenters. The summed E-state index contributed by atoms with van der Waals surface area (Å²) < 4.78 is 0. The molecular formula is C23H30IN5O3. The maximum Gasteiger partial charge on any atom is 0.251 e. The SMILES string of the molecule is CCNC(=NCc1ccc(N2CCCC2=O)cc1)NCCNC(=O)c1ccc(O)cc1.I. The Balaban J connectivity index is 0.00000363. The number of nitrogens with zero attached hydrogens (tertiary/aromatic N) is 2. The highest BCUT2D eigenvalue weighted by molar-refractivity contribution is 14.0. The summed E-state index contributed by atoms with van der Waals surface area (Å²) in [7, 11) is 0. The van der Waals surface area contributed by atoms with Crippen LogP contribution in [0.2, 0.25) is 0 Å². The molecule has 2 aromatic carbocycles. The van der Waals surface area contributed by atoms with E-state index in [4.69, 9.17) is 0 Å². The van der Waals surface area contributed by atoms with Gasteiger partial charge in [-0.2, -0.15) is 0 Å². The normalized spacial score (nSPS) is 13.5. The van der Waals surface area contributed by atoms with E-state index in [-0.39, 0.29) is 41.5 Å². The topological polar surface area (TPSA) is 106 Å². The lowest BCUT2D eigenvalue weighted by molar-refractivity contribution is -0.117. The van der Waals surface area contributed by atoms with Crippen LogP contribution in [0.15, 0.2) is 53.5 Å². The van der Waals surface area contributed by atoms with E-state index in [9.17, 15) is 14.7 Å². The van der Waals surface area contributed by atoms with Gasteiger partial charge in [-0.05, 0) is 55.3 Å². The first-order valence-corrected chi connectivity index (χ1v) is 10.6. The van der Waals surface area contributed by atoms with Crippen LogP contribution in [-0.2, 0) is 11.3 Å². The number of phenolic OH excluding ortho intramolecular Hbond substituents is 1. The predicted octanol–water partition coefficient (Wildman–Crippen LogP) is 2.62. The Morgan fingerprint density at radius 3 is 2.34 bits per heavy atom. The Hall–Kier alpha value is -2.82. The Labute approximate surface area is 205 Å². The van der Waals surface area contributed by atoms with Crippen molar-refractivity contribution >= 4 is 47.4 Å². The quantitative estimate of drug-likeness (QED) is 0.175. The zero-order valence-electron chi connectivity index (χ0n) is 18.1. The predicted molar refractivity (Wildman–Crippen MR) is 137 cm³/mol. The lowest BCUT2D eigenvalue weighted by atomic mass is 10.2. The molecule has 1 saturated heterocycles. The van der Waals surface area contributed by atoms with Crippen LogP contribution in [0.4, 0.5) is 5.69 Å². The number of phenols is 1. The van der Waals surface area contributed by atoms with Gasteiger partial charge < -0.3 is 26.0 Å². The molecule has 1 heterocycles. The van der Waals surface area contributed by atoms with Gasteiger partial charge in [0.15, 0.2) is 5.96 Å². The van der Waals surface area contributed by atoms with Crippen LogP contribution in [0.5, 0.6) is 5.75 Å². The molecule has 0 aliphatic carbocycles. The Morgan fingerprint density at radius 2 is 1.72 bits per heavy atom. The number of benzene rings is 2. The second kappa shape index (κ2) is 12.9. The molecule has 0 atom stereocenters. The van der Waals surface area contributed by atoms with E-state index >= 15 is 0 Å². The lowest BCUT2D eigenvalue weighted by Gasteiger charge is -2.16. The molecule has 4 N–H and O–H groups in total. The molecule has 2 amide bonds. The Morgan fingerprint density at radius 1 is 1.03 bits per heavy atom. The maximum absolute atomic E-state index is 12.1. The van der Waals surface area contributed by atoms with Crippen molar-refractivity contribution in [1.82, 2.24) is 16.0 Å². The van der Waals surface area contributed by atoms with Gasteiger partial charge in [0.1, 0.15) is 5.75 Å². The van der Waals surface area contributed by atoms with E-state index < -0.39 is 0 Å². The number of aromatic hydroxyl groups is 1. The molecule has 1 fully saturated rings. The van der Waals surface area contributed by atoms with E-state index in [0.29, 0.717) is 37.6 Å². The molecule has 0 bridgehead atoms. The molecule has 0 spiro atoms. The number of anilines is 1. The summed E-state index contributed by atoms with van der Waals surface area (Å²) >= 11 is 0. The van der Waals surface area contributed by atoms with Crippen LogP contribution < -0.4 is 20.9 Å². The second-order valence-corrected chi connectivity index (χ2v) is 7.24. The molecule has 2 aromatic rings. The van der Waals surface area contributed by atoms with E-state index in [2.05, 4.69) is 20.9 Å². The Bertz CT molecular complexity index is 916. The summed E-state index contributed by atoms with van der Waals surface area (Å²) in [4.78, 5) is 30.4. The van der Waals surface area contributed by atoms with Crippen LogP contribution in [0, 0.1) is 0 Å². The maximum atomic E-state index is 12.1. The number of hydrogen-bond acceptors (Lipinski definition) is 4. The fraction of sp³-hybridized carbons (Fsp3) is 0.348. The molecular weight excluding hydrogens is 521 g/mol. The smallest absolute Gasteiger partial charge is 0.251 e. The first-order chi connectivity index (χ1) is 15.1. The van der Waals surface area contributed by atoms with Gasteiger partial charge in [0, 0.05) is 43.9 Å². The summed E-state index contributed by atoms with van der Waals surface area (Å²) in [6.07, 6.45) is 1.54. The summed E-state index contributed by atoms with van der Waals surface area (Å²) in [5, 5.41) is 18.5. The van der Waals surface area contributed by atoms with Crippen LogP contribution in [0.1, 0.15) is 35.7 Å². The van der Waals surface area contributed by atoms with E-state index in [1.54, 1.807) is 12.1 Å². The number of rotatable bonds is 8. The number of guanidine groups is 1. The van der Waals surface area contributed by atoms with Gasteiger partial charge in [-0.15, -0.1) is 24.0 Å². The Kier molecular flexibility index (Phi) is 10.3. The largest absolute Gasteiger partial charge is 0.508 e. The van der Waals surface area contributed by atoms with Crippen molar-refractivity contribution in [2.75, 3.05) is 31.1 Å². The van der Waals surface area contributed by atoms with Gasteiger partial charge >= 0.3 is 0 Å². The monoisotopic (exact) mass is 551 g/mol. The van der Waals surface area contributed by atoms with Gasteiger partial charge in [0.2, 0.25) is 5.91 Å². The van der Waals surface area contributed by atoms with Crippen molar-refractivity contribution in [1.29, 1.82) is 0 Å². The third kappa shape index (κ3) is 7.40. The fourth-order valence-electron chi connectivity index (χ4n) is 3.29. The summed E-state index contributed by atoms with van der Waals surface area (Å²) in [6, 6.07) is 14.0. The van der Waals surface area contributed by atoms with Crippen LogP contribution in [0.3, 0.4) is 0 Å². The summed E-state index contributed by atoms with van der Waals surface area (Å²) in [5.41, 5.74) is 2.48. The van der Waals surface area contributed by atoms with Gasteiger partial charge in [0.25, 0.3) is 5.91 Å². The molecule has 32 heavy (non-hydrogen) atoms. The fourth-order valence-corrected chi connectivity index (χ4v) is 3.29. The van der Waals surface area contributed by atoms with E-state index in [0.717, 1.165) is 30.8 Å². The minimum Gasteiger partial charge on any atom is -0.508 e. The minimum absolute atomic E-state index is 0. The molecule has 9 heteroatoms. The average Bonchev–Trinajstić information content (AvgIpc) is 3.21. The molecule has 1 aliphatic heterocycles. The number of hydrogen-bond donors (Lipinski definition) is 4. The van der Waals surface area contributed by atoms with Crippen LogP contribution >= 0.6 is 24.0 Å². The first-order valence-electron chi connectivity index (χ1n) is 10.6. The molecule has 0 aromatic heterocycles. The van der Waals surface area contributed by atoms with Crippen molar-refractivity contribution < 1.29 is 14.7 Å². The number of nitrogens with one attached hydrogen (secondary N) is 3. The number of amides is 2. The molecule has 172 valence electrons. The number of carbonyl (C=O) groups is 2. The third-order valence-corrected chi connectivity index (χ3v) is 4.92. The molecule has 8 nitrogen and oxygen atoms in total. The zero-order chi connectivity index (χ0) is 22.1. The van der Waals surface area contributed by atoms with Crippen molar-refractivity contribution in [2.45, 2.75) is 26.3 Å². The van der Waals surface area contributed by atoms with Crippen molar-refractivity contribution in [3.8, 4) is 5.75 Å². The minimum atomic E-state index is -0.194. The highest BCUT2D eigenvalue weighted by atomic mass is 127. The van der Waals surface area contributed by atoms with Gasteiger partial charge in [0.05, 0.1) is 6.54 Å². The van der Waals surface area contributed by atoms with Crippen molar-refractivity contribution in [3.05, 3.63) is 59.7 Å².